The number of thiophene rings is 1. The molecular weight excluding hydrogens is 378 g/mol. The first-order chi connectivity index (χ1) is 12.8. The molecule has 1 fully saturated rings. The van der Waals surface area contributed by atoms with Crippen molar-refractivity contribution in [3.05, 3.63) is 21.8 Å². The minimum atomic E-state index is 0.0193. The van der Waals surface area contributed by atoms with Crippen LogP contribution in [0.15, 0.2) is 21.4 Å². The van der Waals surface area contributed by atoms with Crippen molar-refractivity contribution in [2.75, 3.05) is 18.8 Å². The number of hydrogen-bond acceptors (Lipinski definition) is 5. The SMILES string of the molecule is CC(C)CCn1c(SCC(=O)N2C[C@H](C)C[C@H](C)C2)nc2ccsc2c1=O. The maximum Gasteiger partial charge on any atom is 0.272 e. The number of thioether (sulfide) groups is 1. The Bertz CT molecular complexity index is 849. The molecule has 3 heterocycles. The number of carbonyl (C=O) groups excluding carboxylic acids is 1. The van der Waals surface area contributed by atoms with Gasteiger partial charge in [-0.2, -0.15) is 0 Å². The Morgan fingerprint density at radius 2 is 2.04 bits per heavy atom. The lowest BCUT2D eigenvalue weighted by molar-refractivity contribution is -0.130. The van der Waals surface area contributed by atoms with Crippen LogP contribution in [-0.4, -0.2) is 39.2 Å². The molecule has 148 valence electrons. The summed E-state index contributed by atoms with van der Waals surface area (Å²) in [7, 11) is 0. The molecule has 0 saturated carbocycles. The zero-order valence-electron chi connectivity index (χ0n) is 16.6. The molecule has 3 rings (SSSR count). The van der Waals surface area contributed by atoms with Crippen LogP contribution in [0.25, 0.3) is 10.2 Å². The van der Waals surface area contributed by atoms with Gasteiger partial charge in [-0.1, -0.05) is 39.5 Å². The third-order valence-corrected chi connectivity index (χ3v) is 6.86. The Balaban J connectivity index is 1.77. The first-order valence-corrected chi connectivity index (χ1v) is 11.6. The summed E-state index contributed by atoms with van der Waals surface area (Å²) < 4.78 is 2.46. The Labute approximate surface area is 169 Å². The number of rotatable bonds is 6. The zero-order valence-corrected chi connectivity index (χ0v) is 18.2. The second kappa shape index (κ2) is 8.78. The average molecular weight is 408 g/mol. The highest BCUT2D eigenvalue weighted by Crippen LogP contribution is 2.24. The van der Waals surface area contributed by atoms with Crippen LogP contribution < -0.4 is 5.56 Å². The van der Waals surface area contributed by atoms with Gasteiger partial charge in [-0.15, -0.1) is 11.3 Å². The quantitative estimate of drug-likeness (QED) is 0.534. The van der Waals surface area contributed by atoms with E-state index in [4.69, 9.17) is 0 Å². The Morgan fingerprint density at radius 1 is 1.33 bits per heavy atom. The number of likely N-dealkylation sites (tertiary alicyclic amines) is 1. The van der Waals surface area contributed by atoms with E-state index in [2.05, 4.69) is 32.7 Å². The summed E-state index contributed by atoms with van der Waals surface area (Å²) >= 11 is 2.84. The highest BCUT2D eigenvalue weighted by Gasteiger charge is 2.25. The zero-order chi connectivity index (χ0) is 19.6. The van der Waals surface area contributed by atoms with Crippen LogP contribution >= 0.6 is 23.1 Å². The van der Waals surface area contributed by atoms with Crippen molar-refractivity contribution in [2.24, 2.45) is 17.8 Å². The summed E-state index contributed by atoms with van der Waals surface area (Å²) in [5.74, 6) is 2.09. The van der Waals surface area contributed by atoms with Gasteiger partial charge in [0.1, 0.15) is 4.70 Å². The maximum absolute atomic E-state index is 12.9. The summed E-state index contributed by atoms with van der Waals surface area (Å²) in [6.45, 7) is 11.0. The molecule has 7 heteroatoms. The van der Waals surface area contributed by atoms with Gasteiger partial charge in [0.25, 0.3) is 5.56 Å². The summed E-state index contributed by atoms with van der Waals surface area (Å²) in [6.07, 6.45) is 2.10. The average Bonchev–Trinajstić information content (AvgIpc) is 3.06. The third kappa shape index (κ3) is 4.93. The highest BCUT2D eigenvalue weighted by molar-refractivity contribution is 7.99. The van der Waals surface area contributed by atoms with Crippen LogP contribution in [0.1, 0.15) is 40.5 Å². The Kier molecular flexibility index (Phi) is 6.63. The Morgan fingerprint density at radius 3 is 2.70 bits per heavy atom. The molecule has 1 aliphatic rings. The molecule has 2 aromatic heterocycles. The molecule has 0 aliphatic carbocycles. The normalized spacial score (nSPS) is 20.6. The second-order valence-corrected chi connectivity index (χ2v) is 10.1. The van der Waals surface area contributed by atoms with Crippen molar-refractivity contribution in [2.45, 2.75) is 52.2 Å². The molecule has 27 heavy (non-hydrogen) atoms. The molecule has 1 saturated heterocycles. The van der Waals surface area contributed by atoms with Gasteiger partial charge >= 0.3 is 0 Å². The van der Waals surface area contributed by atoms with Crippen LogP contribution in [0.5, 0.6) is 0 Å². The van der Waals surface area contributed by atoms with Crippen molar-refractivity contribution in [1.82, 2.24) is 14.5 Å². The maximum atomic E-state index is 12.9. The lowest BCUT2D eigenvalue weighted by Crippen LogP contribution is -2.43. The largest absolute Gasteiger partial charge is 0.341 e. The number of carbonyl (C=O) groups is 1. The van der Waals surface area contributed by atoms with Gasteiger partial charge < -0.3 is 4.90 Å². The Hall–Kier alpha value is -1.34. The fraction of sp³-hybridized carbons (Fsp3) is 0.650. The topological polar surface area (TPSA) is 55.2 Å². The number of nitrogens with zero attached hydrogens (tertiary/aromatic N) is 3. The smallest absolute Gasteiger partial charge is 0.272 e. The van der Waals surface area contributed by atoms with E-state index < -0.39 is 0 Å². The van der Waals surface area contributed by atoms with E-state index in [1.807, 2.05) is 16.3 Å². The lowest BCUT2D eigenvalue weighted by atomic mass is 9.92. The predicted octanol–water partition coefficient (Wildman–Crippen LogP) is 4.10. The van der Waals surface area contributed by atoms with E-state index >= 15 is 0 Å². The van der Waals surface area contributed by atoms with E-state index in [-0.39, 0.29) is 11.5 Å². The van der Waals surface area contributed by atoms with Crippen LogP contribution in [0.2, 0.25) is 0 Å². The van der Waals surface area contributed by atoms with Crippen molar-refractivity contribution in [3.63, 3.8) is 0 Å². The summed E-state index contributed by atoms with van der Waals surface area (Å²) in [5, 5.41) is 2.57. The van der Waals surface area contributed by atoms with Crippen LogP contribution in [0.3, 0.4) is 0 Å². The second-order valence-electron chi connectivity index (χ2n) is 8.20. The molecule has 0 radical (unpaired) electrons. The number of fused-ring (bicyclic) bond motifs is 1. The first kappa shape index (κ1) is 20.4. The molecule has 0 aromatic carbocycles. The number of amides is 1. The number of aromatic nitrogens is 2. The molecule has 5 nitrogen and oxygen atoms in total. The summed E-state index contributed by atoms with van der Waals surface area (Å²) in [4.78, 5) is 32.3. The van der Waals surface area contributed by atoms with Gasteiger partial charge in [-0.05, 0) is 42.0 Å². The minimum absolute atomic E-state index is 0.0193. The van der Waals surface area contributed by atoms with Gasteiger partial charge in [-0.25, -0.2) is 4.98 Å². The monoisotopic (exact) mass is 407 g/mol. The molecule has 2 aromatic rings. The number of piperidine rings is 1. The van der Waals surface area contributed by atoms with E-state index in [1.165, 1.54) is 29.5 Å². The van der Waals surface area contributed by atoms with Gasteiger partial charge in [0.2, 0.25) is 5.91 Å². The van der Waals surface area contributed by atoms with Gasteiger partial charge in [0.15, 0.2) is 5.16 Å². The van der Waals surface area contributed by atoms with Gasteiger partial charge in [-0.3, -0.25) is 14.2 Å². The van der Waals surface area contributed by atoms with Gasteiger partial charge in [0.05, 0.1) is 11.3 Å². The number of hydrogen-bond donors (Lipinski definition) is 0. The van der Waals surface area contributed by atoms with Crippen molar-refractivity contribution in [3.8, 4) is 0 Å². The highest BCUT2D eigenvalue weighted by atomic mass is 32.2. The van der Waals surface area contributed by atoms with Crippen LogP contribution in [0.4, 0.5) is 0 Å². The van der Waals surface area contributed by atoms with Crippen molar-refractivity contribution >= 4 is 39.2 Å². The van der Waals surface area contributed by atoms with E-state index in [1.54, 1.807) is 4.57 Å². The molecule has 2 atom stereocenters. The van der Waals surface area contributed by atoms with E-state index in [9.17, 15) is 9.59 Å². The molecule has 1 amide bonds. The fourth-order valence-electron chi connectivity index (χ4n) is 3.70. The third-order valence-electron chi connectivity index (χ3n) is 5.01. The minimum Gasteiger partial charge on any atom is -0.341 e. The molecule has 0 bridgehead atoms. The fourth-order valence-corrected chi connectivity index (χ4v) is 5.41. The molecule has 1 aliphatic heterocycles. The first-order valence-electron chi connectivity index (χ1n) is 9.73. The van der Waals surface area contributed by atoms with Crippen molar-refractivity contribution < 1.29 is 4.79 Å². The van der Waals surface area contributed by atoms with Gasteiger partial charge in [0, 0.05) is 19.6 Å². The molecule has 0 spiro atoms. The predicted molar refractivity (Wildman–Crippen MR) is 114 cm³/mol. The van der Waals surface area contributed by atoms with Crippen LogP contribution in [-0.2, 0) is 11.3 Å². The lowest BCUT2D eigenvalue weighted by Gasteiger charge is -2.35. The molecule has 0 unspecified atom stereocenters. The summed E-state index contributed by atoms with van der Waals surface area (Å²) in [6, 6.07) is 1.88. The van der Waals surface area contributed by atoms with E-state index in [0.717, 1.165) is 25.0 Å². The van der Waals surface area contributed by atoms with Crippen LogP contribution in [0, 0.1) is 17.8 Å². The summed E-state index contributed by atoms with van der Waals surface area (Å²) in [5.41, 5.74) is 0.756. The molecule has 0 N–H and O–H groups in total. The van der Waals surface area contributed by atoms with E-state index in [0.29, 0.717) is 39.9 Å². The standard InChI is InChI=1S/C20H29N3O2S2/c1-13(2)5-7-23-19(25)18-16(6-8-26-18)21-20(23)27-12-17(24)22-10-14(3)9-15(4)11-22/h6,8,13-15H,5,7,9-12H2,1-4H3/t14-,15+. The van der Waals surface area contributed by atoms with Crippen molar-refractivity contribution in [1.29, 1.82) is 0 Å². The molecular formula is C20H29N3O2S2.